The van der Waals surface area contributed by atoms with Crippen molar-refractivity contribution in [3.8, 4) is 0 Å². The van der Waals surface area contributed by atoms with Crippen molar-refractivity contribution in [3.05, 3.63) is 12.3 Å². The normalized spacial score (nSPS) is 31.9. The first-order valence-electron chi connectivity index (χ1n) is 7.29. The van der Waals surface area contributed by atoms with Crippen LogP contribution in [-0.2, 0) is 20.6 Å². The molecule has 0 radical (unpaired) electrons. The number of hydrogen-bond acceptors (Lipinski definition) is 3. The van der Waals surface area contributed by atoms with Gasteiger partial charge in [0.2, 0.25) is 0 Å². The van der Waals surface area contributed by atoms with Crippen LogP contribution in [0, 0.1) is 11.8 Å². The first-order valence-corrected chi connectivity index (χ1v) is 9.92. The van der Waals surface area contributed by atoms with Gasteiger partial charge < -0.3 is 16.4 Å². The van der Waals surface area contributed by atoms with Gasteiger partial charge in [0.15, 0.2) is 0 Å². The SMILES string of the molecule is CCN[C@@H](/C=C\N)CCC1CNC(C2[SH]=[SH]2)C1C(F)(F)F. The Hall–Kier alpha value is -0.0500. The summed E-state index contributed by atoms with van der Waals surface area (Å²) in [6.45, 7) is 3.24. The third-order valence-corrected chi connectivity index (χ3v) is 6.75. The number of rotatable bonds is 7. The second-order valence-electron chi connectivity index (χ2n) is 5.53. The molecule has 2 aliphatic rings. The Labute approximate surface area is 130 Å². The van der Waals surface area contributed by atoms with Gasteiger partial charge in [-0.15, -0.1) is 0 Å². The van der Waals surface area contributed by atoms with E-state index in [1.807, 2.05) is 13.0 Å². The summed E-state index contributed by atoms with van der Waals surface area (Å²) < 4.78 is 40.3. The van der Waals surface area contributed by atoms with Crippen LogP contribution in [0.3, 0.4) is 0 Å². The Morgan fingerprint density at radius 2 is 2.14 bits per heavy atom. The maximum absolute atomic E-state index is 13.4. The first kappa shape index (κ1) is 17.3. The molecule has 4 N–H and O–H groups in total. The van der Waals surface area contributed by atoms with E-state index in [4.69, 9.17) is 5.73 Å². The third-order valence-electron chi connectivity index (χ3n) is 4.12. The Kier molecular flexibility index (Phi) is 6.16. The second kappa shape index (κ2) is 7.48. The maximum atomic E-state index is 13.4. The number of thiol groups is 2. The van der Waals surface area contributed by atoms with Crippen LogP contribution in [0.5, 0.6) is 0 Å². The number of nitrogens with two attached hydrogens (primary N) is 1. The van der Waals surface area contributed by atoms with Crippen LogP contribution in [0.25, 0.3) is 0 Å². The fraction of sp³-hybridized carbons (Fsp3) is 0.846. The minimum Gasteiger partial charge on any atom is -0.405 e. The van der Waals surface area contributed by atoms with Crippen LogP contribution in [0.4, 0.5) is 13.2 Å². The number of nitrogens with one attached hydrogen (secondary N) is 2. The predicted molar refractivity (Wildman–Crippen MR) is 86.2 cm³/mol. The van der Waals surface area contributed by atoms with E-state index in [-0.39, 0.29) is 22.6 Å². The summed E-state index contributed by atoms with van der Waals surface area (Å²) in [5, 5.41) is 6.35. The molecule has 21 heavy (non-hydrogen) atoms. The summed E-state index contributed by atoms with van der Waals surface area (Å²) in [5.74, 6) is -1.53. The molecule has 124 valence electrons. The molecule has 0 aromatic heterocycles. The van der Waals surface area contributed by atoms with Crippen LogP contribution in [-0.4, -0.2) is 35.9 Å². The molecule has 0 amide bonds. The quantitative estimate of drug-likeness (QED) is 0.446. The standard InChI is InChI=1S/C13H24F3N3S2/c1-2-18-9(5-6-17)4-3-8-7-19-11(12-20-21-12)10(8)13(14,15)16/h5-6,8-12,18-21H,2-4,7,17H2,1H3/b6-5-/t8?,9-,10?,11?/m1/s1. The highest BCUT2D eigenvalue weighted by molar-refractivity contribution is 8.43. The highest BCUT2D eigenvalue weighted by atomic mass is 32.9. The molecule has 0 aromatic rings. The van der Waals surface area contributed by atoms with Gasteiger partial charge >= 0.3 is 6.18 Å². The molecule has 2 heterocycles. The topological polar surface area (TPSA) is 50.1 Å². The van der Waals surface area contributed by atoms with E-state index in [9.17, 15) is 13.2 Å². The van der Waals surface area contributed by atoms with Crippen molar-refractivity contribution < 1.29 is 13.2 Å². The van der Waals surface area contributed by atoms with E-state index in [2.05, 4.69) is 10.6 Å². The van der Waals surface area contributed by atoms with Gasteiger partial charge in [0.05, 0.1) is 10.5 Å². The first-order chi connectivity index (χ1) is 9.97. The van der Waals surface area contributed by atoms with Gasteiger partial charge in [-0.1, -0.05) is 13.0 Å². The molecule has 3 unspecified atom stereocenters. The van der Waals surface area contributed by atoms with Crippen LogP contribution >= 0.6 is 0 Å². The van der Waals surface area contributed by atoms with Gasteiger partial charge in [-0.2, -0.15) is 33.8 Å². The largest absolute Gasteiger partial charge is 0.405 e. The lowest BCUT2D eigenvalue weighted by molar-refractivity contribution is -0.186. The zero-order chi connectivity index (χ0) is 15.5. The average Bonchev–Trinajstić information content (AvgIpc) is 3.15. The lowest BCUT2D eigenvalue weighted by Gasteiger charge is -2.27. The van der Waals surface area contributed by atoms with E-state index in [1.165, 1.54) is 6.20 Å². The molecule has 3 nitrogen and oxygen atoms in total. The summed E-state index contributed by atoms with van der Waals surface area (Å²) in [4.78, 5) is 0. The van der Waals surface area contributed by atoms with Crippen LogP contribution in [0.15, 0.2) is 12.3 Å². The van der Waals surface area contributed by atoms with Crippen molar-refractivity contribution in [2.45, 2.75) is 42.6 Å². The van der Waals surface area contributed by atoms with Gasteiger partial charge in [0, 0.05) is 12.1 Å². The highest BCUT2D eigenvalue weighted by Gasteiger charge is 2.54. The zero-order valence-electron chi connectivity index (χ0n) is 12.0. The van der Waals surface area contributed by atoms with Crippen molar-refractivity contribution in [1.29, 1.82) is 0 Å². The number of halogens is 3. The lowest BCUT2D eigenvalue weighted by atomic mass is 9.86. The number of hydrogen-bond donors (Lipinski definition) is 5. The van der Waals surface area contributed by atoms with E-state index in [0.717, 1.165) is 27.2 Å². The Morgan fingerprint density at radius 1 is 1.43 bits per heavy atom. The molecular weight excluding hydrogens is 319 g/mol. The summed E-state index contributed by atoms with van der Waals surface area (Å²) >= 11 is 0. The van der Waals surface area contributed by atoms with Crippen LogP contribution in [0.2, 0.25) is 0 Å². The molecule has 0 aliphatic carbocycles. The summed E-state index contributed by atoms with van der Waals surface area (Å²) in [5.41, 5.74) is 5.40. The molecule has 0 aromatic carbocycles. The third kappa shape index (κ3) is 4.71. The van der Waals surface area contributed by atoms with Gasteiger partial charge in [-0.05, 0) is 38.0 Å². The van der Waals surface area contributed by atoms with Crippen LogP contribution in [0.1, 0.15) is 19.8 Å². The molecule has 0 bridgehead atoms. The number of alkyl halides is 3. The molecule has 1 saturated heterocycles. The molecule has 0 spiro atoms. The Bertz CT molecular complexity index is 395. The van der Waals surface area contributed by atoms with Gasteiger partial charge in [-0.25, -0.2) is 0 Å². The smallest absolute Gasteiger partial charge is 0.393 e. The molecule has 2 rings (SSSR count). The predicted octanol–water partition coefficient (Wildman–Crippen LogP) is 0.868. The highest BCUT2D eigenvalue weighted by Crippen LogP contribution is 2.42. The van der Waals surface area contributed by atoms with Gasteiger partial charge in [-0.3, -0.25) is 0 Å². The van der Waals surface area contributed by atoms with Crippen molar-refractivity contribution in [2.75, 3.05) is 13.1 Å². The monoisotopic (exact) mass is 343 g/mol. The van der Waals surface area contributed by atoms with Crippen molar-refractivity contribution in [1.82, 2.24) is 10.6 Å². The number of likely N-dealkylation sites (N-methyl/N-ethyl adjacent to an activating group) is 1. The fourth-order valence-electron chi connectivity index (χ4n) is 3.12. The van der Waals surface area contributed by atoms with Crippen LogP contribution < -0.4 is 16.4 Å². The van der Waals surface area contributed by atoms with Crippen molar-refractivity contribution >= 4 is 20.6 Å². The summed E-state index contributed by atoms with van der Waals surface area (Å²) in [7, 11) is 2.28. The molecular formula is C13H24F3N3S2. The Morgan fingerprint density at radius 3 is 2.67 bits per heavy atom. The van der Waals surface area contributed by atoms with E-state index in [0.29, 0.717) is 19.4 Å². The molecule has 4 atom stereocenters. The summed E-state index contributed by atoms with van der Waals surface area (Å²) in [6.07, 6.45) is 0.434. The minimum absolute atomic E-state index is 0.0603. The lowest BCUT2D eigenvalue weighted by Crippen LogP contribution is -2.41. The Balaban J connectivity index is 1.94. The van der Waals surface area contributed by atoms with E-state index >= 15 is 0 Å². The zero-order valence-corrected chi connectivity index (χ0v) is 13.8. The molecule has 1 fully saturated rings. The molecule has 2 aliphatic heterocycles. The molecule has 8 heteroatoms. The van der Waals surface area contributed by atoms with E-state index < -0.39 is 12.1 Å². The van der Waals surface area contributed by atoms with Gasteiger partial charge in [0.1, 0.15) is 0 Å². The van der Waals surface area contributed by atoms with Crippen molar-refractivity contribution in [3.63, 3.8) is 0 Å². The second-order valence-corrected chi connectivity index (χ2v) is 8.90. The van der Waals surface area contributed by atoms with Crippen molar-refractivity contribution in [2.24, 2.45) is 17.6 Å². The minimum atomic E-state index is -4.11. The maximum Gasteiger partial charge on any atom is 0.393 e. The fourth-order valence-corrected chi connectivity index (χ4v) is 5.16. The molecule has 0 saturated carbocycles. The van der Waals surface area contributed by atoms with E-state index in [1.54, 1.807) is 0 Å². The van der Waals surface area contributed by atoms with Gasteiger partial charge in [0.25, 0.3) is 0 Å². The summed E-state index contributed by atoms with van der Waals surface area (Å²) in [6, 6.07) is -0.328. The average molecular weight is 343 g/mol.